The predicted molar refractivity (Wildman–Crippen MR) is 117 cm³/mol. The third kappa shape index (κ3) is 5.87. The van der Waals surface area contributed by atoms with Crippen LogP contribution in [-0.2, 0) is 26.1 Å². The molecule has 0 bridgehead atoms. The summed E-state index contributed by atoms with van der Waals surface area (Å²) >= 11 is 18.3. The molecule has 0 spiro atoms. The molecule has 1 amide bonds. The average Bonchev–Trinajstić information content (AvgIpc) is 3.22. The normalized spacial score (nSPS) is 16.7. The zero-order chi connectivity index (χ0) is 21.7. The van der Waals surface area contributed by atoms with Gasteiger partial charge in [-0.25, -0.2) is 8.42 Å². The van der Waals surface area contributed by atoms with Gasteiger partial charge in [0.2, 0.25) is 15.9 Å². The Balaban J connectivity index is 1.83. The Kier molecular flexibility index (Phi) is 8.01. The first kappa shape index (κ1) is 23.3. The SMILES string of the molecule is O=C(CN(Cc1c(Cl)cccc1Cl)S(=O)(=O)c1ccc(Cl)cc1)NC[C@H]1CCCO1. The van der Waals surface area contributed by atoms with Crippen molar-refractivity contribution in [3.8, 4) is 0 Å². The van der Waals surface area contributed by atoms with Crippen molar-refractivity contribution in [3.05, 3.63) is 63.1 Å². The Hall–Kier alpha value is -1.35. The fraction of sp³-hybridized carbons (Fsp3) is 0.350. The van der Waals surface area contributed by atoms with Gasteiger partial charge in [-0.05, 0) is 49.2 Å². The third-order valence-corrected chi connectivity index (χ3v) is 7.48. The molecule has 2 aromatic rings. The highest BCUT2D eigenvalue weighted by Crippen LogP contribution is 2.28. The van der Waals surface area contributed by atoms with Crippen LogP contribution in [0.5, 0.6) is 0 Å². The highest BCUT2D eigenvalue weighted by molar-refractivity contribution is 7.89. The predicted octanol–water partition coefficient (Wildman–Crippen LogP) is 4.13. The number of ether oxygens (including phenoxy) is 1. The lowest BCUT2D eigenvalue weighted by Crippen LogP contribution is -2.42. The van der Waals surface area contributed by atoms with E-state index in [1.807, 2.05) is 0 Å². The van der Waals surface area contributed by atoms with Crippen LogP contribution in [0.1, 0.15) is 18.4 Å². The van der Waals surface area contributed by atoms with E-state index in [0.29, 0.717) is 33.8 Å². The Bertz CT molecular complexity index is 973. The van der Waals surface area contributed by atoms with Crippen molar-refractivity contribution in [1.29, 1.82) is 0 Å². The molecule has 1 fully saturated rings. The first-order chi connectivity index (χ1) is 14.3. The molecule has 10 heteroatoms. The lowest BCUT2D eigenvalue weighted by atomic mass is 10.2. The molecule has 6 nitrogen and oxygen atoms in total. The number of benzene rings is 2. The molecule has 1 aliphatic rings. The van der Waals surface area contributed by atoms with Gasteiger partial charge in [-0.3, -0.25) is 4.79 Å². The van der Waals surface area contributed by atoms with Gasteiger partial charge in [0.15, 0.2) is 0 Å². The number of hydrogen-bond donors (Lipinski definition) is 1. The maximum absolute atomic E-state index is 13.3. The lowest BCUT2D eigenvalue weighted by molar-refractivity contribution is -0.121. The molecule has 162 valence electrons. The molecule has 30 heavy (non-hydrogen) atoms. The number of amides is 1. The van der Waals surface area contributed by atoms with Gasteiger partial charge >= 0.3 is 0 Å². The van der Waals surface area contributed by atoms with E-state index in [1.165, 1.54) is 24.3 Å². The first-order valence-electron chi connectivity index (χ1n) is 9.34. The highest BCUT2D eigenvalue weighted by atomic mass is 35.5. The minimum atomic E-state index is -4.02. The van der Waals surface area contributed by atoms with Crippen molar-refractivity contribution in [1.82, 2.24) is 9.62 Å². The van der Waals surface area contributed by atoms with Crippen LogP contribution in [0.4, 0.5) is 0 Å². The Morgan fingerprint density at radius 1 is 1.10 bits per heavy atom. The number of halogens is 3. The fourth-order valence-electron chi connectivity index (χ4n) is 3.09. The van der Waals surface area contributed by atoms with Gasteiger partial charge in [-0.1, -0.05) is 40.9 Å². The molecule has 1 heterocycles. The number of sulfonamides is 1. The number of nitrogens with one attached hydrogen (secondary N) is 1. The lowest BCUT2D eigenvalue weighted by Gasteiger charge is -2.23. The summed E-state index contributed by atoms with van der Waals surface area (Å²) < 4.78 is 33.1. The second-order valence-corrected chi connectivity index (χ2v) is 10.1. The van der Waals surface area contributed by atoms with E-state index in [0.717, 1.165) is 17.1 Å². The molecular weight excluding hydrogens is 471 g/mol. The van der Waals surface area contributed by atoms with Gasteiger partial charge < -0.3 is 10.1 Å². The molecule has 2 aromatic carbocycles. The van der Waals surface area contributed by atoms with Crippen molar-refractivity contribution < 1.29 is 17.9 Å². The molecule has 1 saturated heterocycles. The van der Waals surface area contributed by atoms with Gasteiger partial charge in [0.1, 0.15) is 0 Å². The van der Waals surface area contributed by atoms with Crippen LogP contribution < -0.4 is 5.32 Å². The first-order valence-corrected chi connectivity index (χ1v) is 11.9. The summed E-state index contributed by atoms with van der Waals surface area (Å²) in [6.45, 7) is 0.458. The maximum Gasteiger partial charge on any atom is 0.243 e. The minimum absolute atomic E-state index is 0.0157. The zero-order valence-corrected chi connectivity index (χ0v) is 19.1. The second kappa shape index (κ2) is 10.3. The van der Waals surface area contributed by atoms with E-state index in [-0.39, 0.29) is 24.1 Å². The van der Waals surface area contributed by atoms with Crippen molar-refractivity contribution in [2.75, 3.05) is 19.7 Å². The molecule has 1 aliphatic heterocycles. The maximum atomic E-state index is 13.3. The van der Waals surface area contributed by atoms with Crippen LogP contribution in [0.3, 0.4) is 0 Å². The standard InChI is InChI=1S/C20H21Cl3N2O4S/c21-14-6-8-16(9-7-14)30(27,28)25(12-17-18(22)4-1-5-19(17)23)13-20(26)24-11-15-3-2-10-29-15/h1,4-9,15H,2-3,10-13H2,(H,24,26)/t15-/m1/s1. The van der Waals surface area contributed by atoms with Gasteiger partial charge in [0.05, 0.1) is 17.5 Å². The third-order valence-electron chi connectivity index (χ3n) is 4.72. The van der Waals surface area contributed by atoms with Crippen molar-refractivity contribution >= 4 is 50.7 Å². The van der Waals surface area contributed by atoms with Gasteiger partial charge in [0, 0.05) is 40.3 Å². The molecule has 1 N–H and O–H groups in total. The summed E-state index contributed by atoms with van der Waals surface area (Å²) in [4.78, 5) is 12.6. The van der Waals surface area contributed by atoms with Crippen molar-refractivity contribution in [2.24, 2.45) is 0 Å². The average molecular weight is 492 g/mol. The number of hydrogen-bond acceptors (Lipinski definition) is 4. The largest absolute Gasteiger partial charge is 0.376 e. The van der Waals surface area contributed by atoms with E-state index in [1.54, 1.807) is 18.2 Å². The van der Waals surface area contributed by atoms with E-state index in [4.69, 9.17) is 39.5 Å². The number of carbonyl (C=O) groups excluding carboxylic acids is 1. The summed E-state index contributed by atoms with van der Waals surface area (Å²) in [5.74, 6) is -0.439. The Morgan fingerprint density at radius 2 is 1.77 bits per heavy atom. The van der Waals surface area contributed by atoms with Crippen LogP contribution in [0.25, 0.3) is 0 Å². The van der Waals surface area contributed by atoms with E-state index in [9.17, 15) is 13.2 Å². The molecule has 1 atom stereocenters. The molecule has 0 aliphatic carbocycles. The van der Waals surface area contributed by atoms with Crippen molar-refractivity contribution in [3.63, 3.8) is 0 Å². The van der Waals surface area contributed by atoms with E-state index in [2.05, 4.69) is 5.32 Å². The van der Waals surface area contributed by atoms with Crippen molar-refractivity contribution in [2.45, 2.75) is 30.4 Å². The summed E-state index contributed by atoms with van der Waals surface area (Å²) in [6.07, 6.45) is 1.76. The highest BCUT2D eigenvalue weighted by Gasteiger charge is 2.28. The molecule has 0 unspecified atom stereocenters. The Morgan fingerprint density at radius 3 is 2.37 bits per heavy atom. The molecular formula is C20H21Cl3N2O4S. The van der Waals surface area contributed by atoms with Crippen LogP contribution in [0, 0.1) is 0 Å². The number of nitrogens with zero attached hydrogens (tertiary/aromatic N) is 1. The second-order valence-electron chi connectivity index (χ2n) is 6.87. The smallest absolute Gasteiger partial charge is 0.243 e. The minimum Gasteiger partial charge on any atom is -0.376 e. The van der Waals surface area contributed by atoms with Crippen LogP contribution in [-0.4, -0.2) is 44.4 Å². The van der Waals surface area contributed by atoms with E-state index < -0.39 is 15.9 Å². The van der Waals surface area contributed by atoms with Gasteiger partial charge in [-0.2, -0.15) is 4.31 Å². The number of carbonyl (C=O) groups is 1. The van der Waals surface area contributed by atoms with Crippen LogP contribution in [0.15, 0.2) is 47.4 Å². The molecule has 3 rings (SSSR count). The zero-order valence-electron chi connectivity index (χ0n) is 16.0. The van der Waals surface area contributed by atoms with Crippen LogP contribution >= 0.6 is 34.8 Å². The molecule has 0 aromatic heterocycles. The topological polar surface area (TPSA) is 75.7 Å². The monoisotopic (exact) mass is 490 g/mol. The molecule has 0 radical (unpaired) electrons. The number of rotatable bonds is 8. The summed E-state index contributed by atoms with van der Waals surface area (Å²) in [5.41, 5.74) is 0.422. The van der Waals surface area contributed by atoms with Gasteiger partial charge in [-0.15, -0.1) is 0 Å². The summed E-state index contributed by atoms with van der Waals surface area (Å²) in [6, 6.07) is 10.6. The molecule has 0 saturated carbocycles. The van der Waals surface area contributed by atoms with E-state index >= 15 is 0 Å². The summed E-state index contributed by atoms with van der Waals surface area (Å²) in [7, 11) is -4.02. The quantitative estimate of drug-likeness (QED) is 0.602. The summed E-state index contributed by atoms with van der Waals surface area (Å²) in [5, 5.41) is 3.79. The van der Waals surface area contributed by atoms with Gasteiger partial charge in [0.25, 0.3) is 0 Å². The van der Waals surface area contributed by atoms with Crippen LogP contribution in [0.2, 0.25) is 15.1 Å². The fourth-order valence-corrected chi connectivity index (χ4v) is 5.10. The Labute approximate surface area is 191 Å².